The number of nitrogens with one attached hydrogen (secondary N) is 2. The Morgan fingerprint density at radius 3 is 2.83 bits per heavy atom. The van der Waals surface area contributed by atoms with Crippen molar-refractivity contribution in [3.8, 4) is 5.75 Å². The molecule has 0 aromatic heterocycles. The number of ether oxygens (including phenoxy) is 3. The molecule has 164 valence electrons. The van der Waals surface area contributed by atoms with Gasteiger partial charge in [0, 0.05) is 49.7 Å². The molecule has 0 amide bonds. The fraction of sp³-hybridized carbons (Fsp3) is 0.682. The molecule has 2 aliphatic rings. The van der Waals surface area contributed by atoms with Crippen LogP contribution in [0, 0.1) is 18.3 Å². The molecular weight excluding hydrogens is 481 g/mol. The van der Waals surface area contributed by atoms with Crippen molar-refractivity contribution in [2.24, 2.45) is 16.3 Å². The number of hydrogen-bond acceptors (Lipinski definition) is 4. The van der Waals surface area contributed by atoms with Crippen LogP contribution < -0.4 is 15.4 Å². The second kappa shape index (κ2) is 10.8. The van der Waals surface area contributed by atoms with Crippen molar-refractivity contribution < 1.29 is 14.2 Å². The van der Waals surface area contributed by atoms with Gasteiger partial charge in [0.2, 0.25) is 0 Å². The highest BCUT2D eigenvalue weighted by molar-refractivity contribution is 14.0. The highest BCUT2D eigenvalue weighted by atomic mass is 127. The topological polar surface area (TPSA) is 64.1 Å². The molecule has 0 bridgehead atoms. The molecule has 1 aliphatic heterocycles. The highest BCUT2D eigenvalue weighted by Gasteiger charge is 2.59. The number of fused-ring (bicyclic) bond motifs is 1. The lowest BCUT2D eigenvalue weighted by molar-refractivity contribution is -0.106. The molecular formula is C22H36IN3O3. The monoisotopic (exact) mass is 517 g/mol. The first kappa shape index (κ1) is 24.2. The van der Waals surface area contributed by atoms with Crippen molar-refractivity contribution in [1.82, 2.24) is 10.6 Å². The summed E-state index contributed by atoms with van der Waals surface area (Å²) in [5.74, 6) is 2.30. The third-order valence-electron chi connectivity index (χ3n) is 5.97. The van der Waals surface area contributed by atoms with Crippen LogP contribution in [0.2, 0.25) is 0 Å². The van der Waals surface area contributed by atoms with Gasteiger partial charge in [-0.15, -0.1) is 24.0 Å². The van der Waals surface area contributed by atoms with Gasteiger partial charge in [0.05, 0.1) is 12.7 Å². The van der Waals surface area contributed by atoms with Gasteiger partial charge >= 0.3 is 0 Å². The summed E-state index contributed by atoms with van der Waals surface area (Å²) in [6, 6.07) is 6.68. The standard InChI is InChI=1S/C22H35N3O3.HI/c1-6-26-11-12-27-18-13-15(2)7-8-16(18)14-24-21(23-5)25-19-17-9-10-28-20(17)22(19,3)4;/h7-8,13,17,19-20H,6,9-12,14H2,1-5H3,(H2,23,24,25);1H. The maximum absolute atomic E-state index is 5.95. The zero-order valence-electron chi connectivity index (χ0n) is 18.3. The van der Waals surface area contributed by atoms with Crippen molar-refractivity contribution in [2.45, 2.75) is 52.8 Å². The average molecular weight is 517 g/mol. The van der Waals surface area contributed by atoms with Crippen LogP contribution in [0.5, 0.6) is 5.75 Å². The molecule has 1 saturated carbocycles. The molecule has 7 heteroatoms. The normalized spacial score (nSPS) is 24.9. The highest BCUT2D eigenvalue weighted by Crippen LogP contribution is 2.52. The van der Waals surface area contributed by atoms with Crippen LogP contribution in [0.3, 0.4) is 0 Å². The first-order valence-corrected chi connectivity index (χ1v) is 10.4. The lowest BCUT2D eigenvalue weighted by atomic mass is 9.57. The predicted molar refractivity (Wildman–Crippen MR) is 127 cm³/mol. The number of halogens is 1. The van der Waals surface area contributed by atoms with Gasteiger partial charge < -0.3 is 24.8 Å². The Bertz CT molecular complexity index is 696. The first-order valence-electron chi connectivity index (χ1n) is 10.4. The van der Waals surface area contributed by atoms with E-state index in [9.17, 15) is 0 Å². The number of rotatable bonds is 8. The molecule has 0 radical (unpaired) electrons. The zero-order chi connectivity index (χ0) is 20.1. The van der Waals surface area contributed by atoms with E-state index in [4.69, 9.17) is 14.2 Å². The fourth-order valence-electron chi connectivity index (χ4n) is 4.44. The Morgan fingerprint density at radius 1 is 1.31 bits per heavy atom. The molecule has 0 spiro atoms. The molecule has 29 heavy (non-hydrogen) atoms. The Balaban J connectivity index is 0.00000300. The van der Waals surface area contributed by atoms with Gasteiger partial charge in [-0.2, -0.15) is 0 Å². The largest absolute Gasteiger partial charge is 0.491 e. The quantitative estimate of drug-likeness (QED) is 0.239. The predicted octanol–water partition coefficient (Wildman–Crippen LogP) is 3.51. The first-order chi connectivity index (χ1) is 13.5. The van der Waals surface area contributed by atoms with E-state index in [1.54, 1.807) is 0 Å². The fourth-order valence-corrected chi connectivity index (χ4v) is 4.44. The van der Waals surface area contributed by atoms with Crippen LogP contribution in [0.25, 0.3) is 0 Å². The van der Waals surface area contributed by atoms with E-state index in [0.717, 1.165) is 30.3 Å². The van der Waals surface area contributed by atoms with E-state index in [0.29, 0.717) is 44.4 Å². The molecule has 1 saturated heterocycles. The molecule has 2 fully saturated rings. The number of benzene rings is 1. The van der Waals surface area contributed by atoms with Crippen molar-refractivity contribution >= 4 is 29.9 Å². The van der Waals surface area contributed by atoms with E-state index >= 15 is 0 Å². The van der Waals surface area contributed by atoms with E-state index in [1.807, 2.05) is 14.0 Å². The van der Waals surface area contributed by atoms with Gasteiger partial charge in [0.15, 0.2) is 5.96 Å². The smallest absolute Gasteiger partial charge is 0.191 e. The second-order valence-corrected chi connectivity index (χ2v) is 8.27. The maximum Gasteiger partial charge on any atom is 0.191 e. The minimum atomic E-state index is 0. The summed E-state index contributed by atoms with van der Waals surface area (Å²) in [4.78, 5) is 4.43. The van der Waals surface area contributed by atoms with E-state index in [1.165, 1.54) is 5.56 Å². The minimum absolute atomic E-state index is 0. The Hall–Kier alpha value is -1.06. The summed E-state index contributed by atoms with van der Waals surface area (Å²) in [6.07, 6.45) is 1.49. The molecule has 1 heterocycles. The zero-order valence-corrected chi connectivity index (χ0v) is 20.6. The number of hydrogen-bond donors (Lipinski definition) is 2. The number of aliphatic imine (C=N–C) groups is 1. The Labute approximate surface area is 192 Å². The molecule has 2 N–H and O–H groups in total. The average Bonchev–Trinajstić information content (AvgIpc) is 3.13. The molecule has 1 aromatic carbocycles. The second-order valence-electron chi connectivity index (χ2n) is 8.27. The molecule has 6 nitrogen and oxygen atoms in total. The minimum Gasteiger partial charge on any atom is -0.491 e. The van der Waals surface area contributed by atoms with Crippen molar-refractivity contribution in [3.05, 3.63) is 29.3 Å². The Morgan fingerprint density at radius 2 is 2.10 bits per heavy atom. The summed E-state index contributed by atoms with van der Waals surface area (Å²) < 4.78 is 17.2. The van der Waals surface area contributed by atoms with E-state index < -0.39 is 0 Å². The van der Waals surface area contributed by atoms with Crippen molar-refractivity contribution in [1.29, 1.82) is 0 Å². The van der Waals surface area contributed by atoms with Gasteiger partial charge in [0.1, 0.15) is 12.4 Å². The van der Waals surface area contributed by atoms with Crippen LogP contribution in [0.4, 0.5) is 0 Å². The molecule has 3 atom stereocenters. The van der Waals surface area contributed by atoms with Gasteiger partial charge in [-0.3, -0.25) is 4.99 Å². The van der Waals surface area contributed by atoms with Crippen molar-refractivity contribution in [3.63, 3.8) is 0 Å². The number of nitrogens with zero attached hydrogens (tertiary/aromatic N) is 1. The summed E-state index contributed by atoms with van der Waals surface area (Å²) in [6.45, 7) is 12.0. The van der Waals surface area contributed by atoms with Crippen LogP contribution in [0.1, 0.15) is 38.3 Å². The summed E-state index contributed by atoms with van der Waals surface area (Å²) in [5, 5.41) is 7.07. The molecule has 1 aromatic rings. The summed E-state index contributed by atoms with van der Waals surface area (Å²) >= 11 is 0. The third-order valence-corrected chi connectivity index (χ3v) is 5.97. The van der Waals surface area contributed by atoms with Crippen LogP contribution >= 0.6 is 24.0 Å². The summed E-state index contributed by atoms with van der Waals surface area (Å²) in [5.41, 5.74) is 2.41. The van der Waals surface area contributed by atoms with E-state index in [-0.39, 0.29) is 29.4 Å². The summed E-state index contributed by atoms with van der Waals surface area (Å²) in [7, 11) is 1.82. The number of aryl methyl sites for hydroxylation is 1. The third kappa shape index (κ3) is 5.55. The Kier molecular flexibility index (Phi) is 9.03. The van der Waals surface area contributed by atoms with Crippen LogP contribution in [-0.4, -0.2) is 51.6 Å². The maximum atomic E-state index is 5.95. The van der Waals surface area contributed by atoms with Crippen LogP contribution in [0.15, 0.2) is 23.2 Å². The van der Waals surface area contributed by atoms with Gasteiger partial charge in [0.25, 0.3) is 0 Å². The van der Waals surface area contributed by atoms with Gasteiger partial charge in [-0.05, 0) is 31.9 Å². The van der Waals surface area contributed by atoms with Crippen molar-refractivity contribution in [2.75, 3.05) is 33.5 Å². The lowest BCUT2D eigenvalue weighted by Crippen LogP contribution is -2.67. The molecule has 3 unspecified atom stereocenters. The van der Waals surface area contributed by atoms with E-state index in [2.05, 4.69) is 54.6 Å². The molecule has 1 aliphatic carbocycles. The number of guanidine groups is 1. The van der Waals surface area contributed by atoms with Gasteiger partial charge in [-0.1, -0.05) is 26.0 Å². The SMILES string of the molecule is CCOCCOc1cc(C)ccc1CNC(=NC)NC1C2CCOC2C1(C)C.I. The van der Waals surface area contributed by atoms with Gasteiger partial charge in [-0.25, -0.2) is 0 Å². The van der Waals surface area contributed by atoms with Crippen LogP contribution in [-0.2, 0) is 16.0 Å². The molecule has 3 rings (SSSR count). The lowest BCUT2D eigenvalue weighted by Gasteiger charge is -2.54.